The van der Waals surface area contributed by atoms with Gasteiger partial charge in [-0.25, -0.2) is 0 Å². The van der Waals surface area contributed by atoms with Crippen molar-refractivity contribution in [1.82, 2.24) is 15.5 Å². The molecule has 0 aromatic carbocycles. The molecule has 1 saturated heterocycles. The number of carbonyl (C=O) groups excluding carboxylic acids is 2. The highest BCUT2D eigenvalue weighted by atomic mass is 35.5. The maximum atomic E-state index is 12.1. The molecule has 6 nitrogen and oxygen atoms in total. The molecule has 0 atom stereocenters. The van der Waals surface area contributed by atoms with Gasteiger partial charge in [-0.2, -0.15) is 0 Å². The summed E-state index contributed by atoms with van der Waals surface area (Å²) in [6.07, 6.45) is 1.61. The zero-order valence-corrected chi connectivity index (χ0v) is 15.8. The maximum Gasteiger partial charge on any atom is 0.261 e. The number of methoxy groups -OCH3 is 1. The van der Waals surface area contributed by atoms with Gasteiger partial charge in [-0.05, 0) is 31.9 Å². The number of thiophene rings is 1. The van der Waals surface area contributed by atoms with E-state index in [1.807, 2.05) is 24.0 Å². The summed E-state index contributed by atoms with van der Waals surface area (Å²) in [5, 5.41) is 6.14. The van der Waals surface area contributed by atoms with Crippen molar-refractivity contribution >= 4 is 35.6 Å². The Bertz CT molecular complexity index is 530. The van der Waals surface area contributed by atoms with Crippen LogP contribution in [-0.2, 0) is 9.53 Å². The summed E-state index contributed by atoms with van der Waals surface area (Å²) in [5.74, 6) is 0.105. The highest BCUT2D eigenvalue weighted by Gasteiger charge is 2.24. The number of halogens is 1. The van der Waals surface area contributed by atoms with Crippen LogP contribution in [0.4, 0.5) is 0 Å². The third-order valence-corrected chi connectivity index (χ3v) is 4.91. The fourth-order valence-corrected chi connectivity index (χ4v) is 3.34. The van der Waals surface area contributed by atoms with Crippen LogP contribution in [-0.4, -0.2) is 62.7 Å². The van der Waals surface area contributed by atoms with Crippen LogP contribution < -0.4 is 10.6 Å². The minimum atomic E-state index is -0.00545. The number of likely N-dealkylation sites (tertiary alicyclic amines) is 1. The molecular weight excluding hydrogens is 350 g/mol. The molecule has 0 saturated carbocycles. The number of carbonyl (C=O) groups is 2. The van der Waals surface area contributed by atoms with Gasteiger partial charge in [0, 0.05) is 37.7 Å². The molecule has 136 valence electrons. The number of ether oxygens (including phenoxy) is 1. The molecule has 1 aliphatic heterocycles. The van der Waals surface area contributed by atoms with Gasteiger partial charge in [-0.3, -0.25) is 9.59 Å². The first-order chi connectivity index (χ1) is 11.1. The standard InChI is InChI=1S/C16H25N3O3S.ClH/c1-12-3-4-14(23-12)16(21)18-13-5-8-19(9-6-13)15(20)11-17-7-10-22-2;/h3-4,13,17H,5-11H2,1-2H3,(H,18,21);1H. The average Bonchev–Trinajstić information content (AvgIpc) is 2.99. The molecule has 1 aromatic heterocycles. The van der Waals surface area contributed by atoms with Gasteiger partial charge in [-0.15, -0.1) is 23.7 Å². The minimum absolute atomic E-state index is 0. The van der Waals surface area contributed by atoms with Crippen molar-refractivity contribution in [3.8, 4) is 0 Å². The van der Waals surface area contributed by atoms with Crippen molar-refractivity contribution in [2.45, 2.75) is 25.8 Å². The van der Waals surface area contributed by atoms with E-state index >= 15 is 0 Å². The van der Waals surface area contributed by atoms with E-state index in [-0.39, 0.29) is 30.3 Å². The van der Waals surface area contributed by atoms with E-state index in [2.05, 4.69) is 10.6 Å². The molecule has 0 bridgehead atoms. The summed E-state index contributed by atoms with van der Waals surface area (Å²) < 4.78 is 4.93. The Balaban J connectivity index is 0.00000288. The van der Waals surface area contributed by atoms with Crippen LogP contribution >= 0.6 is 23.7 Å². The quantitative estimate of drug-likeness (QED) is 0.707. The van der Waals surface area contributed by atoms with Crippen LogP contribution in [0.15, 0.2) is 12.1 Å². The second kappa shape index (κ2) is 10.7. The molecule has 1 aromatic rings. The predicted octanol–water partition coefficient (Wildman–Crippen LogP) is 1.44. The van der Waals surface area contributed by atoms with Crippen LogP contribution in [0.3, 0.4) is 0 Å². The van der Waals surface area contributed by atoms with E-state index in [1.165, 1.54) is 11.3 Å². The van der Waals surface area contributed by atoms with E-state index in [0.29, 0.717) is 32.8 Å². The average molecular weight is 376 g/mol. The van der Waals surface area contributed by atoms with Crippen molar-refractivity contribution in [1.29, 1.82) is 0 Å². The zero-order valence-electron chi connectivity index (χ0n) is 14.2. The first kappa shape index (κ1) is 20.9. The lowest BCUT2D eigenvalue weighted by Crippen LogP contribution is -2.48. The van der Waals surface area contributed by atoms with Crippen molar-refractivity contribution in [3.63, 3.8) is 0 Å². The van der Waals surface area contributed by atoms with Crippen molar-refractivity contribution in [3.05, 3.63) is 21.9 Å². The molecule has 0 spiro atoms. The van der Waals surface area contributed by atoms with E-state index in [1.54, 1.807) is 7.11 Å². The lowest BCUT2D eigenvalue weighted by Gasteiger charge is -2.32. The van der Waals surface area contributed by atoms with Gasteiger partial charge in [0.2, 0.25) is 5.91 Å². The van der Waals surface area contributed by atoms with Gasteiger partial charge in [0.15, 0.2) is 0 Å². The second-order valence-corrected chi connectivity index (χ2v) is 7.00. The van der Waals surface area contributed by atoms with Crippen molar-refractivity contribution in [2.75, 3.05) is 39.9 Å². The number of nitrogens with zero attached hydrogens (tertiary/aromatic N) is 1. The Hall–Kier alpha value is -1.15. The van der Waals surface area contributed by atoms with Gasteiger partial charge >= 0.3 is 0 Å². The van der Waals surface area contributed by atoms with E-state index < -0.39 is 0 Å². The highest BCUT2D eigenvalue weighted by molar-refractivity contribution is 7.13. The summed E-state index contributed by atoms with van der Waals surface area (Å²) in [6, 6.07) is 3.97. The van der Waals surface area contributed by atoms with Crippen LogP contribution in [0.25, 0.3) is 0 Å². The monoisotopic (exact) mass is 375 g/mol. The summed E-state index contributed by atoms with van der Waals surface area (Å²) in [4.78, 5) is 27.9. The highest BCUT2D eigenvalue weighted by Crippen LogP contribution is 2.16. The molecule has 2 N–H and O–H groups in total. The third kappa shape index (κ3) is 6.39. The van der Waals surface area contributed by atoms with Crippen LogP contribution in [0, 0.1) is 6.92 Å². The molecule has 0 aliphatic carbocycles. The number of aryl methyl sites for hydroxylation is 1. The van der Waals surface area contributed by atoms with E-state index in [9.17, 15) is 9.59 Å². The smallest absolute Gasteiger partial charge is 0.261 e. The van der Waals surface area contributed by atoms with Gasteiger partial charge in [-0.1, -0.05) is 0 Å². The first-order valence-electron chi connectivity index (χ1n) is 7.95. The van der Waals surface area contributed by atoms with Crippen LogP contribution in [0.2, 0.25) is 0 Å². The molecule has 0 unspecified atom stereocenters. The molecule has 24 heavy (non-hydrogen) atoms. The van der Waals surface area contributed by atoms with Gasteiger partial charge in [0.1, 0.15) is 0 Å². The van der Waals surface area contributed by atoms with Crippen molar-refractivity contribution in [2.24, 2.45) is 0 Å². The first-order valence-corrected chi connectivity index (χ1v) is 8.76. The zero-order chi connectivity index (χ0) is 16.7. The Morgan fingerprint density at radius 3 is 2.62 bits per heavy atom. The summed E-state index contributed by atoms with van der Waals surface area (Å²) >= 11 is 1.51. The van der Waals surface area contributed by atoms with E-state index in [4.69, 9.17) is 4.74 Å². The second-order valence-electron chi connectivity index (χ2n) is 5.71. The number of amides is 2. The van der Waals surface area contributed by atoms with Gasteiger partial charge < -0.3 is 20.3 Å². The fraction of sp³-hybridized carbons (Fsp3) is 0.625. The van der Waals surface area contributed by atoms with Gasteiger partial charge in [0.05, 0.1) is 18.0 Å². The van der Waals surface area contributed by atoms with Crippen LogP contribution in [0.1, 0.15) is 27.4 Å². The molecule has 1 fully saturated rings. The number of piperidine rings is 1. The summed E-state index contributed by atoms with van der Waals surface area (Å²) in [5.41, 5.74) is 0. The Morgan fingerprint density at radius 2 is 2.04 bits per heavy atom. The normalized spacial score (nSPS) is 15.0. The summed E-state index contributed by atoms with van der Waals surface area (Å²) in [6.45, 7) is 5.00. The lowest BCUT2D eigenvalue weighted by molar-refractivity contribution is -0.131. The van der Waals surface area contributed by atoms with E-state index in [0.717, 1.165) is 22.6 Å². The Labute approximate surface area is 153 Å². The summed E-state index contributed by atoms with van der Waals surface area (Å²) in [7, 11) is 1.64. The molecule has 8 heteroatoms. The van der Waals surface area contributed by atoms with Gasteiger partial charge in [0.25, 0.3) is 5.91 Å². The third-order valence-electron chi connectivity index (χ3n) is 3.91. The number of hydrogen-bond donors (Lipinski definition) is 2. The SMILES string of the molecule is COCCNCC(=O)N1CCC(NC(=O)c2ccc(C)s2)CC1.Cl. The number of nitrogens with one attached hydrogen (secondary N) is 2. The minimum Gasteiger partial charge on any atom is -0.383 e. The largest absolute Gasteiger partial charge is 0.383 e. The topological polar surface area (TPSA) is 70.7 Å². The predicted molar refractivity (Wildman–Crippen MR) is 98.1 cm³/mol. The number of hydrogen-bond acceptors (Lipinski definition) is 5. The number of rotatable bonds is 7. The Kier molecular flexibility index (Phi) is 9.28. The lowest BCUT2D eigenvalue weighted by atomic mass is 10.0. The molecule has 2 rings (SSSR count). The van der Waals surface area contributed by atoms with Crippen LogP contribution in [0.5, 0.6) is 0 Å². The maximum absolute atomic E-state index is 12.1. The molecule has 1 aliphatic rings. The molecule has 2 amide bonds. The molecular formula is C16H26ClN3O3S. The molecule has 0 radical (unpaired) electrons. The Morgan fingerprint density at radius 1 is 1.33 bits per heavy atom. The molecule has 2 heterocycles. The fourth-order valence-electron chi connectivity index (χ4n) is 2.57. The van der Waals surface area contributed by atoms with Crippen molar-refractivity contribution < 1.29 is 14.3 Å².